The fraction of sp³-hybridized carbons (Fsp3) is 0.259. The van der Waals surface area contributed by atoms with Crippen LogP contribution in [-0.4, -0.2) is 23.3 Å². The maximum atomic E-state index is 14.1. The third kappa shape index (κ3) is 3.70. The van der Waals surface area contributed by atoms with Crippen molar-refractivity contribution in [2.75, 3.05) is 7.05 Å². The molecule has 7 heteroatoms. The van der Waals surface area contributed by atoms with Gasteiger partial charge in [0.25, 0.3) is 0 Å². The first-order valence-electron chi connectivity index (χ1n) is 11.2. The predicted octanol–water partition coefficient (Wildman–Crippen LogP) is 4.91. The summed E-state index contributed by atoms with van der Waals surface area (Å²) in [6, 6.07) is 18.0. The van der Waals surface area contributed by atoms with Gasteiger partial charge in [-0.2, -0.15) is 5.26 Å². The molecular weight excluding hydrogens is 434 g/mol. The highest BCUT2D eigenvalue weighted by Crippen LogP contribution is 2.55. The second-order valence-corrected chi connectivity index (χ2v) is 9.27. The Morgan fingerprint density at radius 2 is 1.76 bits per heavy atom. The topological polar surface area (TPSA) is 85.6 Å². The van der Waals surface area contributed by atoms with Gasteiger partial charge >= 0.3 is 0 Å². The number of hydrogen-bond donors (Lipinski definition) is 2. The number of fused-ring (bicyclic) bond motifs is 2. The van der Waals surface area contributed by atoms with Crippen LogP contribution in [0, 0.1) is 28.4 Å². The third-order valence-corrected chi connectivity index (χ3v) is 7.16. The lowest BCUT2D eigenvalue weighted by Gasteiger charge is -2.38. The molecule has 0 saturated carbocycles. The first-order chi connectivity index (χ1) is 16.3. The van der Waals surface area contributed by atoms with E-state index in [9.17, 15) is 19.2 Å². The zero-order valence-corrected chi connectivity index (χ0v) is 18.7. The Bertz CT molecular complexity index is 1360. The molecule has 34 heavy (non-hydrogen) atoms. The van der Waals surface area contributed by atoms with Crippen LogP contribution in [0.5, 0.6) is 0 Å². The summed E-state index contributed by atoms with van der Waals surface area (Å²) in [4.78, 5) is 4.73. The van der Waals surface area contributed by atoms with Crippen LogP contribution in [0.4, 0.5) is 8.78 Å². The van der Waals surface area contributed by atoms with E-state index in [4.69, 9.17) is 10.7 Å². The Morgan fingerprint density at radius 3 is 2.50 bits per heavy atom. The van der Waals surface area contributed by atoms with Crippen molar-refractivity contribution in [3.8, 4) is 17.2 Å². The summed E-state index contributed by atoms with van der Waals surface area (Å²) in [5.41, 5.74) is 11.9. The van der Waals surface area contributed by atoms with E-state index >= 15 is 0 Å². The molecule has 172 valence electrons. The lowest BCUT2D eigenvalue weighted by molar-refractivity contribution is 0.0107. The second kappa shape index (κ2) is 8.23. The molecule has 2 unspecified atom stereocenters. The summed E-state index contributed by atoms with van der Waals surface area (Å²) in [5, 5.41) is 20.0. The molecule has 0 bridgehead atoms. The average Bonchev–Trinajstić information content (AvgIpc) is 3.11. The van der Waals surface area contributed by atoms with Crippen molar-refractivity contribution in [2.24, 2.45) is 16.1 Å². The first-order valence-corrected chi connectivity index (χ1v) is 11.2. The molecule has 5 nitrogen and oxygen atoms in total. The number of guanidine groups is 1. The Balaban J connectivity index is 1.61. The van der Waals surface area contributed by atoms with Gasteiger partial charge in [-0.25, -0.2) is 18.8 Å². The number of nitrogens with zero attached hydrogens (tertiary/aromatic N) is 3. The van der Waals surface area contributed by atoms with E-state index in [0.29, 0.717) is 18.4 Å². The Kier molecular flexibility index (Phi) is 5.34. The van der Waals surface area contributed by atoms with E-state index in [0.717, 1.165) is 51.3 Å². The largest absolute Gasteiger partial charge is 0.368 e. The summed E-state index contributed by atoms with van der Waals surface area (Å²) in [7, 11) is 1.42. The molecule has 3 aromatic rings. The minimum Gasteiger partial charge on any atom is -0.368 e. The molecule has 0 amide bonds. The summed E-state index contributed by atoms with van der Waals surface area (Å²) in [6.45, 7) is 0. The van der Waals surface area contributed by atoms with Crippen molar-refractivity contribution in [1.29, 1.82) is 5.26 Å². The van der Waals surface area contributed by atoms with Crippen LogP contribution in [0.15, 0.2) is 59.6 Å². The molecule has 0 radical (unpaired) electrons. The molecule has 2 aliphatic rings. The molecule has 2 aliphatic carbocycles. The Morgan fingerprint density at radius 1 is 1.06 bits per heavy atom. The van der Waals surface area contributed by atoms with Gasteiger partial charge in [0.05, 0.1) is 17.7 Å². The summed E-state index contributed by atoms with van der Waals surface area (Å²) in [5.74, 6) is -1.68. The van der Waals surface area contributed by atoms with Crippen LogP contribution in [0.1, 0.15) is 40.3 Å². The monoisotopic (exact) mass is 458 g/mol. The highest BCUT2D eigenvalue weighted by Gasteiger charge is 2.48. The Hall–Kier alpha value is -3.76. The number of benzene rings is 3. The SMILES string of the molecule is CN(O)C(N)=NC1c2cc(-c3cccc(C#N)c3)ccc2CC12CCc1cc(F)c(F)cc1C2. The van der Waals surface area contributed by atoms with Gasteiger partial charge in [0.1, 0.15) is 0 Å². The van der Waals surface area contributed by atoms with E-state index in [-0.39, 0.29) is 17.4 Å². The number of halogens is 2. The molecule has 0 saturated heterocycles. The number of rotatable bonds is 2. The molecule has 0 heterocycles. The van der Waals surface area contributed by atoms with Crippen LogP contribution >= 0.6 is 0 Å². The van der Waals surface area contributed by atoms with Crippen molar-refractivity contribution in [1.82, 2.24) is 5.06 Å². The van der Waals surface area contributed by atoms with Gasteiger partial charge in [-0.15, -0.1) is 0 Å². The normalized spacial score (nSPS) is 21.1. The molecular formula is C27H24F2N4O. The predicted molar refractivity (Wildman–Crippen MR) is 125 cm³/mol. The van der Waals surface area contributed by atoms with Gasteiger partial charge in [0, 0.05) is 12.5 Å². The number of aryl methyl sites for hydroxylation is 1. The number of hydrogen-bond acceptors (Lipinski definition) is 3. The van der Waals surface area contributed by atoms with E-state index < -0.39 is 11.6 Å². The number of hydroxylamine groups is 2. The molecule has 3 aromatic carbocycles. The fourth-order valence-electron chi connectivity index (χ4n) is 5.45. The van der Waals surface area contributed by atoms with Crippen LogP contribution < -0.4 is 5.73 Å². The van der Waals surface area contributed by atoms with E-state index in [1.165, 1.54) is 19.2 Å². The molecule has 0 aliphatic heterocycles. The lowest BCUT2D eigenvalue weighted by Crippen LogP contribution is -2.36. The van der Waals surface area contributed by atoms with Crippen molar-refractivity contribution in [2.45, 2.75) is 31.7 Å². The number of nitrogens with two attached hydrogens (primary N) is 1. The summed E-state index contributed by atoms with van der Waals surface area (Å²) < 4.78 is 27.9. The molecule has 0 fully saturated rings. The van der Waals surface area contributed by atoms with Crippen molar-refractivity contribution < 1.29 is 14.0 Å². The number of nitriles is 1. The van der Waals surface area contributed by atoms with Crippen molar-refractivity contribution >= 4 is 5.96 Å². The summed E-state index contributed by atoms with van der Waals surface area (Å²) >= 11 is 0. The van der Waals surface area contributed by atoms with E-state index in [1.54, 1.807) is 6.07 Å². The van der Waals surface area contributed by atoms with Gasteiger partial charge in [-0.3, -0.25) is 5.21 Å². The van der Waals surface area contributed by atoms with E-state index in [1.807, 2.05) is 24.3 Å². The third-order valence-electron chi connectivity index (χ3n) is 7.16. The van der Waals surface area contributed by atoms with Crippen molar-refractivity contribution in [3.05, 3.63) is 94.0 Å². The summed E-state index contributed by atoms with van der Waals surface area (Å²) in [6.07, 6.45) is 2.59. The Labute approximate surface area is 196 Å². The maximum Gasteiger partial charge on any atom is 0.215 e. The highest BCUT2D eigenvalue weighted by molar-refractivity contribution is 5.77. The molecule has 2 atom stereocenters. The maximum absolute atomic E-state index is 14.1. The number of aliphatic imine (C=N–C) groups is 1. The first kappa shape index (κ1) is 22.1. The van der Waals surface area contributed by atoms with Crippen LogP contribution in [0.2, 0.25) is 0 Å². The highest BCUT2D eigenvalue weighted by atomic mass is 19.2. The quantitative estimate of drug-likeness (QED) is 0.325. The van der Waals surface area contributed by atoms with Gasteiger partial charge in [-0.05, 0) is 89.4 Å². The molecule has 1 spiro atoms. The zero-order chi connectivity index (χ0) is 24.0. The van der Waals surface area contributed by atoms with Crippen LogP contribution in [0.3, 0.4) is 0 Å². The zero-order valence-electron chi connectivity index (χ0n) is 18.7. The molecule has 0 aromatic heterocycles. The van der Waals surface area contributed by atoms with Crippen molar-refractivity contribution in [3.63, 3.8) is 0 Å². The van der Waals surface area contributed by atoms with Crippen LogP contribution in [-0.2, 0) is 19.3 Å². The molecule has 3 N–H and O–H groups in total. The van der Waals surface area contributed by atoms with Crippen LogP contribution in [0.25, 0.3) is 11.1 Å². The van der Waals surface area contributed by atoms with Gasteiger partial charge in [0.2, 0.25) is 5.96 Å². The minimum absolute atomic E-state index is 0.00908. The smallest absolute Gasteiger partial charge is 0.215 e. The lowest BCUT2D eigenvalue weighted by atomic mass is 9.67. The van der Waals surface area contributed by atoms with Gasteiger partial charge in [0.15, 0.2) is 11.6 Å². The average molecular weight is 459 g/mol. The standard InChI is InChI=1S/C27H24F2N4O/c1-33(34)26(31)32-25-22-10-18(17-4-2-3-16(9-17)15-30)5-6-20(22)13-27(25)8-7-19-11-23(28)24(29)12-21(19)14-27/h2-6,9-12,25,34H,7-8,13-14H2,1H3,(H2,31,32). The van der Waals surface area contributed by atoms with E-state index in [2.05, 4.69) is 18.2 Å². The fourth-order valence-corrected chi connectivity index (χ4v) is 5.45. The molecule has 5 rings (SSSR count). The van der Waals surface area contributed by atoms with Gasteiger partial charge < -0.3 is 5.73 Å². The minimum atomic E-state index is -0.847. The van der Waals surface area contributed by atoms with Gasteiger partial charge in [-0.1, -0.05) is 24.3 Å². The second-order valence-electron chi connectivity index (χ2n) is 9.27.